The van der Waals surface area contributed by atoms with Crippen molar-refractivity contribution in [1.29, 1.82) is 0 Å². The Morgan fingerprint density at radius 1 is 1.07 bits per heavy atom. The van der Waals surface area contributed by atoms with Gasteiger partial charge >= 0.3 is 5.97 Å². The van der Waals surface area contributed by atoms with Gasteiger partial charge in [0.1, 0.15) is 5.75 Å². The largest absolute Gasteiger partial charge is 0.503 e. The van der Waals surface area contributed by atoms with Crippen LogP contribution in [0.15, 0.2) is 59.5 Å². The number of carbonyl (C=O) groups is 1. The first-order chi connectivity index (χ1) is 12.9. The predicted octanol–water partition coefficient (Wildman–Crippen LogP) is 3.09. The molecule has 138 valence electrons. The average Bonchev–Trinajstić information content (AvgIpc) is 2.63. The summed E-state index contributed by atoms with van der Waals surface area (Å²) in [5.74, 6) is -1.54. The Kier molecular flexibility index (Phi) is 4.94. The second-order valence-electron chi connectivity index (χ2n) is 6.12. The molecule has 0 aliphatic rings. The molecule has 27 heavy (non-hydrogen) atoms. The molecule has 0 amide bonds. The van der Waals surface area contributed by atoms with E-state index in [1.165, 1.54) is 4.68 Å². The van der Waals surface area contributed by atoms with Gasteiger partial charge in [0.25, 0.3) is 5.43 Å². The number of carboxylic acids is 1. The molecule has 2 aromatic carbocycles. The zero-order chi connectivity index (χ0) is 19.6. The summed E-state index contributed by atoms with van der Waals surface area (Å²) in [4.78, 5) is 23.1. The normalized spacial score (nSPS) is 10.8. The number of aromatic hydroxyl groups is 1. The van der Waals surface area contributed by atoms with Crippen LogP contribution in [0, 0.1) is 0 Å². The minimum Gasteiger partial charge on any atom is -0.503 e. The van der Waals surface area contributed by atoms with Gasteiger partial charge in [-0.05, 0) is 26.0 Å². The number of para-hydroxylation sites is 2. The molecule has 0 radical (unpaired) electrons. The van der Waals surface area contributed by atoms with Crippen LogP contribution in [0.4, 0.5) is 0 Å². The van der Waals surface area contributed by atoms with E-state index in [0.29, 0.717) is 17.0 Å². The lowest BCUT2D eigenvalue weighted by atomic mass is 10.0. The third-order valence-electron chi connectivity index (χ3n) is 3.79. The fourth-order valence-corrected chi connectivity index (χ4v) is 2.69. The number of hydrogen-bond donors (Lipinski definition) is 2. The summed E-state index contributed by atoms with van der Waals surface area (Å²) in [6, 6.07) is 14.5. The average molecular weight is 366 g/mol. The van der Waals surface area contributed by atoms with Crippen molar-refractivity contribution in [2.24, 2.45) is 0 Å². The summed E-state index contributed by atoms with van der Waals surface area (Å²) < 4.78 is 7.05. The fourth-order valence-electron chi connectivity index (χ4n) is 2.69. The third kappa shape index (κ3) is 3.67. The Labute approximate surface area is 155 Å². The molecule has 0 fully saturated rings. The molecule has 0 aliphatic heterocycles. The van der Waals surface area contributed by atoms with E-state index < -0.39 is 22.8 Å². The lowest BCUT2D eigenvalue weighted by Crippen LogP contribution is -2.21. The van der Waals surface area contributed by atoms with E-state index in [9.17, 15) is 19.8 Å². The zero-order valence-electron chi connectivity index (χ0n) is 14.8. The van der Waals surface area contributed by atoms with E-state index in [2.05, 4.69) is 5.10 Å². The lowest BCUT2D eigenvalue weighted by molar-refractivity contribution is 0.0686. The molecule has 0 aliphatic carbocycles. The zero-order valence-corrected chi connectivity index (χ0v) is 14.8. The highest BCUT2D eigenvalue weighted by Crippen LogP contribution is 2.34. The van der Waals surface area contributed by atoms with E-state index in [-0.39, 0.29) is 6.10 Å². The van der Waals surface area contributed by atoms with Crippen LogP contribution in [-0.2, 0) is 0 Å². The van der Waals surface area contributed by atoms with E-state index in [0.717, 1.165) is 11.8 Å². The molecule has 0 saturated heterocycles. The van der Waals surface area contributed by atoms with Crippen LogP contribution in [0.2, 0.25) is 0 Å². The molecular formula is C20H18N2O5. The number of aromatic carboxylic acids is 1. The van der Waals surface area contributed by atoms with Gasteiger partial charge in [-0.25, -0.2) is 9.48 Å². The van der Waals surface area contributed by atoms with E-state index >= 15 is 0 Å². The van der Waals surface area contributed by atoms with Crippen LogP contribution in [0.3, 0.4) is 0 Å². The summed E-state index contributed by atoms with van der Waals surface area (Å²) in [5, 5.41) is 22.9. The van der Waals surface area contributed by atoms with Crippen LogP contribution in [-0.4, -0.2) is 32.1 Å². The number of carboxylic acid groups (broad SMARTS) is 1. The molecule has 1 aromatic heterocycles. The van der Waals surface area contributed by atoms with Crippen LogP contribution >= 0.6 is 0 Å². The number of ether oxygens (including phenoxy) is 1. The molecule has 3 rings (SSSR count). The molecule has 7 heteroatoms. The van der Waals surface area contributed by atoms with Crippen LogP contribution in [0.1, 0.15) is 24.3 Å². The van der Waals surface area contributed by atoms with Crippen molar-refractivity contribution in [3.63, 3.8) is 0 Å². The van der Waals surface area contributed by atoms with Crippen molar-refractivity contribution in [3.05, 3.63) is 70.6 Å². The Morgan fingerprint density at radius 3 is 2.37 bits per heavy atom. The molecule has 0 unspecified atom stereocenters. The van der Waals surface area contributed by atoms with Crippen molar-refractivity contribution >= 4 is 5.97 Å². The second-order valence-corrected chi connectivity index (χ2v) is 6.12. The number of benzene rings is 2. The first-order valence-corrected chi connectivity index (χ1v) is 8.30. The van der Waals surface area contributed by atoms with E-state index in [4.69, 9.17) is 4.74 Å². The minimum atomic E-state index is -1.51. The minimum absolute atomic E-state index is 0.0357. The maximum atomic E-state index is 11.8. The van der Waals surface area contributed by atoms with Crippen molar-refractivity contribution in [3.8, 4) is 28.3 Å². The number of aromatic nitrogens is 2. The number of nitrogens with zero attached hydrogens (tertiary/aromatic N) is 2. The highest BCUT2D eigenvalue weighted by molar-refractivity contribution is 5.85. The van der Waals surface area contributed by atoms with E-state index in [1.54, 1.807) is 12.1 Å². The molecule has 3 aromatic rings. The Balaban J connectivity index is 2.23. The molecule has 0 spiro atoms. The standard InChI is InChI=1S/C20H18N2O5/c1-12(2)27-17-10-6-4-8-14(17)13-7-3-5-9-15(13)22-11-16(23)19(24)18(21-22)20(25)26/h3-12,23H,1-2H3,(H,25,26). The van der Waals surface area contributed by atoms with Crippen LogP contribution < -0.4 is 10.2 Å². The molecule has 0 bridgehead atoms. The molecule has 7 nitrogen and oxygen atoms in total. The highest BCUT2D eigenvalue weighted by atomic mass is 16.5. The van der Waals surface area contributed by atoms with Gasteiger partial charge in [-0.1, -0.05) is 36.4 Å². The predicted molar refractivity (Wildman–Crippen MR) is 99.7 cm³/mol. The Bertz CT molecular complexity index is 1060. The first-order valence-electron chi connectivity index (χ1n) is 8.30. The molecular weight excluding hydrogens is 348 g/mol. The smallest absolute Gasteiger partial charge is 0.360 e. The van der Waals surface area contributed by atoms with Crippen LogP contribution in [0.5, 0.6) is 11.5 Å². The summed E-state index contributed by atoms with van der Waals surface area (Å²) in [7, 11) is 0. The SMILES string of the molecule is CC(C)Oc1ccccc1-c1ccccc1-n1cc(O)c(=O)c(C(=O)O)n1. The monoisotopic (exact) mass is 366 g/mol. The molecule has 2 N–H and O–H groups in total. The van der Waals surface area contributed by atoms with Crippen molar-refractivity contribution < 1.29 is 19.7 Å². The molecule has 0 saturated carbocycles. The first kappa shape index (κ1) is 18.2. The maximum absolute atomic E-state index is 11.8. The fraction of sp³-hybridized carbons (Fsp3) is 0.150. The van der Waals surface area contributed by atoms with Gasteiger partial charge in [-0.3, -0.25) is 4.79 Å². The van der Waals surface area contributed by atoms with Crippen molar-refractivity contribution in [2.75, 3.05) is 0 Å². The number of hydrogen-bond acceptors (Lipinski definition) is 5. The van der Waals surface area contributed by atoms with Gasteiger partial charge < -0.3 is 14.9 Å². The second kappa shape index (κ2) is 7.33. The summed E-state index contributed by atoms with van der Waals surface area (Å²) in [6.07, 6.45) is 1.06. The quantitative estimate of drug-likeness (QED) is 0.719. The Morgan fingerprint density at radius 2 is 1.70 bits per heavy atom. The lowest BCUT2D eigenvalue weighted by Gasteiger charge is -2.17. The van der Waals surface area contributed by atoms with Gasteiger partial charge in [-0.15, -0.1) is 0 Å². The molecule has 0 atom stereocenters. The van der Waals surface area contributed by atoms with Gasteiger partial charge in [0.05, 0.1) is 18.0 Å². The van der Waals surface area contributed by atoms with Crippen LogP contribution in [0.25, 0.3) is 16.8 Å². The van der Waals surface area contributed by atoms with Gasteiger partial charge in [0, 0.05) is 11.1 Å². The molecule has 1 heterocycles. The summed E-state index contributed by atoms with van der Waals surface area (Å²) in [5.41, 5.74) is 0.200. The summed E-state index contributed by atoms with van der Waals surface area (Å²) in [6.45, 7) is 3.84. The van der Waals surface area contributed by atoms with Crippen molar-refractivity contribution in [1.82, 2.24) is 9.78 Å². The van der Waals surface area contributed by atoms with Gasteiger partial charge in [-0.2, -0.15) is 5.10 Å². The van der Waals surface area contributed by atoms with Crippen molar-refractivity contribution in [2.45, 2.75) is 20.0 Å². The van der Waals surface area contributed by atoms with Gasteiger partial charge in [0.2, 0.25) is 5.69 Å². The topological polar surface area (TPSA) is 102 Å². The maximum Gasteiger partial charge on any atom is 0.360 e. The third-order valence-corrected chi connectivity index (χ3v) is 3.79. The highest BCUT2D eigenvalue weighted by Gasteiger charge is 2.18. The number of rotatable bonds is 5. The van der Waals surface area contributed by atoms with Gasteiger partial charge in [0.15, 0.2) is 5.75 Å². The Hall–Kier alpha value is -3.61. The summed E-state index contributed by atoms with van der Waals surface area (Å²) >= 11 is 0. The van der Waals surface area contributed by atoms with E-state index in [1.807, 2.05) is 50.2 Å².